The zero-order valence-electron chi connectivity index (χ0n) is 18.5. The molecule has 1 fully saturated rings. The molecule has 0 saturated carbocycles. The highest BCUT2D eigenvalue weighted by atomic mass is 19.4. The Kier molecular flexibility index (Phi) is 7.55. The molecule has 6 heteroatoms. The molecular formula is C27H29F3N2O. The smallest absolute Gasteiger partial charge is 0.416 e. The second kappa shape index (κ2) is 10.8. The normalized spacial score (nSPS) is 15.4. The molecule has 0 bridgehead atoms. The molecular weight excluding hydrogens is 425 g/mol. The van der Waals surface area contributed by atoms with Gasteiger partial charge in [0.15, 0.2) is 0 Å². The van der Waals surface area contributed by atoms with Crippen LogP contribution in [0.2, 0.25) is 0 Å². The Bertz CT molecular complexity index is 948. The van der Waals surface area contributed by atoms with E-state index in [2.05, 4.69) is 58.3 Å². The van der Waals surface area contributed by atoms with E-state index < -0.39 is 11.7 Å². The van der Waals surface area contributed by atoms with Gasteiger partial charge in [0.05, 0.1) is 5.56 Å². The van der Waals surface area contributed by atoms with E-state index in [9.17, 15) is 13.2 Å². The van der Waals surface area contributed by atoms with Crippen LogP contribution in [0.4, 0.5) is 24.5 Å². The summed E-state index contributed by atoms with van der Waals surface area (Å²) in [6.07, 6.45) is -1.75. The van der Waals surface area contributed by atoms with E-state index in [0.717, 1.165) is 57.6 Å². The van der Waals surface area contributed by atoms with Gasteiger partial charge in [-0.25, -0.2) is 0 Å². The van der Waals surface area contributed by atoms with Gasteiger partial charge in [0, 0.05) is 31.0 Å². The van der Waals surface area contributed by atoms with Gasteiger partial charge in [-0.1, -0.05) is 42.5 Å². The van der Waals surface area contributed by atoms with E-state index in [4.69, 9.17) is 4.74 Å². The number of hydrogen-bond acceptors (Lipinski definition) is 3. The van der Waals surface area contributed by atoms with Gasteiger partial charge in [-0.3, -0.25) is 0 Å². The third-order valence-electron chi connectivity index (χ3n) is 5.99. The minimum atomic E-state index is -4.35. The second-order valence-electron chi connectivity index (χ2n) is 8.36. The van der Waals surface area contributed by atoms with Crippen LogP contribution >= 0.6 is 0 Å². The van der Waals surface area contributed by atoms with Crippen molar-refractivity contribution in [3.8, 4) is 5.75 Å². The second-order valence-corrected chi connectivity index (χ2v) is 8.36. The van der Waals surface area contributed by atoms with Gasteiger partial charge in [-0.2, -0.15) is 13.2 Å². The van der Waals surface area contributed by atoms with Crippen molar-refractivity contribution in [3.63, 3.8) is 0 Å². The van der Waals surface area contributed by atoms with Crippen LogP contribution < -0.4 is 9.64 Å². The summed E-state index contributed by atoms with van der Waals surface area (Å²) in [5.74, 6) is 0.296. The average molecular weight is 455 g/mol. The molecule has 0 aliphatic carbocycles. The summed E-state index contributed by atoms with van der Waals surface area (Å²) in [7, 11) is 0. The first-order valence-corrected chi connectivity index (χ1v) is 11.4. The fraction of sp³-hybridized carbons (Fsp3) is 0.333. The molecule has 4 rings (SSSR count). The monoisotopic (exact) mass is 454 g/mol. The average Bonchev–Trinajstić information content (AvgIpc) is 2.84. The van der Waals surface area contributed by atoms with Crippen molar-refractivity contribution in [2.24, 2.45) is 0 Å². The fourth-order valence-electron chi connectivity index (χ4n) is 4.26. The van der Waals surface area contributed by atoms with Gasteiger partial charge < -0.3 is 14.5 Å². The van der Waals surface area contributed by atoms with E-state index in [0.29, 0.717) is 5.75 Å². The lowest BCUT2D eigenvalue weighted by Gasteiger charge is -2.33. The van der Waals surface area contributed by atoms with Crippen molar-refractivity contribution < 1.29 is 17.9 Å². The molecule has 3 aromatic rings. The minimum absolute atomic E-state index is 0.0464. The van der Waals surface area contributed by atoms with E-state index >= 15 is 0 Å². The number of nitrogens with zero attached hydrogens (tertiary/aromatic N) is 2. The Morgan fingerprint density at radius 2 is 1.42 bits per heavy atom. The molecule has 1 saturated heterocycles. The molecule has 3 nitrogen and oxygen atoms in total. The maximum Gasteiger partial charge on any atom is 0.416 e. The van der Waals surface area contributed by atoms with Crippen molar-refractivity contribution >= 4 is 11.4 Å². The predicted octanol–water partition coefficient (Wildman–Crippen LogP) is 6.78. The number of halogens is 3. The quantitative estimate of drug-likeness (QED) is 0.373. The highest BCUT2D eigenvalue weighted by Gasteiger charge is 2.31. The number of ether oxygens (including phenoxy) is 1. The van der Waals surface area contributed by atoms with Crippen LogP contribution in [0.1, 0.15) is 24.8 Å². The van der Waals surface area contributed by atoms with Gasteiger partial charge in [0.1, 0.15) is 11.9 Å². The molecule has 0 radical (unpaired) electrons. The first-order valence-electron chi connectivity index (χ1n) is 11.4. The molecule has 0 atom stereocenters. The van der Waals surface area contributed by atoms with E-state index in [1.807, 2.05) is 12.1 Å². The van der Waals surface area contributed by atoms with E-state index in [-0.39, 0.29) is 6.10 Å². The van der Waals surface area contributed by atoms with Crippen LogP contribution in [0.3, 0.4) is 0 Å². The van der Waals surface area contributed by atoms with Crippen LogP contribution in [0.25, 0.3) is 0 Å². The number of likely N-dealkylation sites (tertiary alicyclic amines) is 1. The molecule has 174 valence electrons. The summed E-state index contributed by atoms with van der Waals surface area (Å²) in [5, 5.41) is 0. The fourth-order valence-corrected chi connectivity index (χ4v) is 4.26. The highest BCUT2D eigenvalue weighted by molar-refractivity contribution is 5.62. The van der Waals surface area contributed by atoms with Crippen molar-refractivity contribution in [2.45, 2.75) is 31.5 Å². The van der Waals surface area contributed by atoms with Crippen molar-refractivity contribution in [2.75, 3.05) is 31.1 Å². The molecule has 0 N–H and O–H groups in total. The van der Waals surface area contributed by atoms with Gasteiger partial charge in [-0.15, -0.1) is 0 Å². The molecule has 33 heavy (non-hydrogen) atoms. The summed E-state index contributed by atoms with van der Waals surface area (Å²) in [4.78, 5) is 4.75. The molecule has 1 heterocycles. The largest absolute Gasteiger partial charge is 0.490 e. The maximum absolute atomic E-state index is 12.9. The first kappa shape index (κ1) is 23.2. The Morgan fingerprint density at radius 3 is 2.00 bits per heavy atom. The number of para-hydroxylation sites is 2. The van der Waals surface area contributed by atoms with Crippen LogP contribution in [0.15, 0.2) is 84.9 Å². The Balaban J connectivity index is 1.26. The molecule has 0 aromatic heterocycles. The zero-order valence-corrected chi connectivity index (χ0v) is 18.5. The van der Waals surface area contributed by atoms with Crippen LogP contribution in [0.5, 0.6) is 5.75 Å². The molecule has 0 unspecified atom stereocenters. The third kappa shape index (κ3) is 6.51. The summed E-state index contributed by atoms with van der Waals surface area (Å²) < 4.78 is 44.6. The summed E-state index contributed by atoms with van der Waals surface area (Å²) in [6.45, 7) is 3.67. The molecule has 3 aromatic carbocycles. The Hall–Kier alpha value is -2.99. The van der Waals surface area contributed by atoms with Gasteiger partial charge >= 0.3 is 6.18 Å². The summed E-state index contributed by atoms with van der Waals surface area (Å²) in [6, 6.07) is 26.0. The topological polar surface area (TPSA) is 15.7 Å². The zero-order chi connectivity index (χ0) is 23.1. The first-order chi connectivity index (χ1) is 16.0. The number of hydrogen-bond donors (Lipinski definition) is 0. The summed E-state index contributed by atoms with van der Waals surface area (Å²) in [5.41, 5.74) is 1.69. The standard InChI is InChI=1S/C27H29F3N2O/c28-27(29,30)22-9-7-14-26(21-22)33-25-15-19-31(20-16-25)17-8-18-32(23-10-3-1-4-11-23)24-12-5-2-6-13-24/h1-7,9-14,21,25H,8,15-20H2. The Labute approximate surface area is 193 Å². The highest BCUT2D eigenvalue weighted by Crippen LogP contribution is 2.32. The van der Waals surface area contributed by atoms with Gasteiger partial charge in [0.2, 0.25) is 0 Å². The number of alkyl halides is 3. The maximum atomic E-state index is 12.9. The molecule has 0 amide bonds. The lowest BCUT2D eigenvalue weighted by molar-refractivity contribution is -0.137. The predicted molar refractivity (Wildman–Crippen MR) is 126 cm³/mol. The Morgan fingerprint density at radius 1 is 0.818 bits per heavy atom. The lowest BCUT2D eigenvalue weighted by Crippen LogP contribution is -2.39. The van der Waals surface area contributed by atoms with Gasteiger partial charge in [-0.05, 0) is 68.3 Å². The lowest BCUT2D eigenvalue weighted by atomic mass is 10.1. The van der Waals surface area contributed by atoms with Crippen molar-refractivity contribution in [3.05, 3.63) is 90.5 Å². The third-order valence-corrected chi connectivity index (χ3v) is 5.99. The number of piperidine rings is 1. The molecule has 0 spiro atoms. The van der Waals surface area contributed by atoms with Crippen molar-refractivity contribution in [1.82, 2.24) is 4.90 Å². The molecule has 1 aliphatic rings. The molecule has 1 aliphatic heterocycles. The van der Waals surface area contributed by atoms with Crippen LogP contribution in [-0.2, 0) is 6.18 Å². The van der Waals surface area contributed by atoms with Crippen molar-refractivity contribution in [1.29, 1.82) is 0 Å². The van der Waals surface area contributed by atoms with Crippen LogP contribution in [-0.4, -0.2) is 37.2 Å². The van der Waals surface area contributed by atoms with E-state index in [1.54, 1.807) is 6.07 Å². The van der Waals surface area contributed by atoms with E-state index in [1.165, 1.54) is 17.4 Å². The minimum Gasteiger partial charge on any atom is -0.490 e. The number of rotatable bonds is 8. The van der Waals surface area contributed by atoms with Crippen LogP contribution in [0, 0.1) is 0 Å². The number of anilines is 2. The van der Waals surface area contributed by atoms with Gasteiger partial charge in [0.25, 0.3) is 0 Å². The number of benzene rings is 3. The summed E-state index contributed by atoms with van der Waals surface area (Å²) >= 11 is 0. The SMILES string of the molecule is FC(F)(F)c1cccc(OC2CCN(CCCN(c3ccccc3)c3ccccc3)CC2)c1.